The highest BCUT2D eigenvalue weighted by molar-refractivity contribution is 7.10. The molecule has 0 saturated carbocycles. The number of hydrogen-bond donors (Lipinski definition) is 1. The van der Waals surface area contributed by atoms with Gasteiger partial charge < -0.3 is 5.32 Å². The van der Waals surface area contributed by atoms with E-state index in [1.807, 2.05) is 11.3 Å². The number of benzene rings is 1. The highest BCUT2D eigenvalue weighted by Crippen LogP contribution is 2.25. The fraction of sp³-hybridized carbons (Fsp3) is 0.412. The standard InChI is InChI=1S/C17H23NS/c1-4-14-8-10-15(11-9-14)13(3)18-16(5-2)17-7-6-12-19-17/h6-13,16,18H,4-5H2,1-3H3. The van der Waals surface area contributed by atoms with Gasteiger partial charge in [0.05, 0.1) is 0 Å². The number of hydrogen-bond acceptors (Lipinski definition) is 2. The first-order chi connectivity index (χ1) is 9.24. The normalized spacial score (nSPS) is 14.3. The Morgan fingerprint density at radius 3 is 2.37 bits per heavy atom. The summed E-state index contributed by atoms with van der Waals surface area (Å²) in [6.07, 6.45) is 2.23. The summed E-state index contributed by atoms with van der Waals surface area (Å²) in [4.78, 5) is 1.43. The minimum absolute atomic E-state index is 0.387. The monoisotopic (exact) mass is 273 g/mol. The number of rotatable bonds is 6. The molecule has 0 radical (unpaired) electrons. The number of aryl methyl sites for hydroxylation is 1. The molecule has 19 heavy (non-hydrogen) atoms. The van der Waals surface area contributed by atoms with E-state index in [2.05, 4.69) is 67.9 Å². The first-order valence-electron chi connectivity index (χ1n) is 7.12. The van der Waals surface area contributed by atoms with Crippen LogP contribution in [-0.4, -0.2) is 0 Å². The molecule has 0 saturated heterocycles. The lowest BCUT2D eigenvalue weighted by molar-refractivity contribution is 0.462. The summed E-state index contributed by atoms with van der Waals surface area (Å²) in [5, 5.41) is 5.89. The topological polar surface area (TPSA) is 12.0 Å². The van der Waals surface area contributed by atoms with Crippen LogP contribution in [0.2, 0.25) is 0 Å². The minimum atomic E-state index is 0.387. The molecule has 0 amide bonds. The van der Waals surface area contributed by atoms with Crippen LogP contribution in [0.1, 0.15) is 55.3 Å². The van der Waals surface area contributed by atoms with Crippen LogP contribution in [0.3, 0.4) is 0 Å². The molecular weight excluding hydrogens is 250 g/mol. The third-order valence-electron chi connectivity index (χ3n) is 3.63. The lowest BCUT2D eigenvalue weighted by atomic mass is 10.0. The lowest BCUT2D eigenvalue weighted by Crippen LogP contribution is -2.23. The molecule has 1 aromatic heterocycles. The Kier molecular flexibility index (Phi) is 5.17. The molecule has 2 rings (SSSR count). The van der Waals surface area contributed by atoms with E-state index in [0.29, 0.717) is 12.1 Å². The molecule has 2 aromatic rings. The molecule has 2 heteroatoms. The fourth-order valence-electron chi connectivity index (χ4n) is 2.33. The van der Waals surface area contributed by atoms with Gasteiger partial charge in [-0.3, -0.25) is 0 Å². The summed E-state index contributed by atoms with van der Waals surface area (Å²) in [5.74, 6) is 0. The maximum atomic E-state index is 3.73. The van der Waals surface area contributed by atoms with Crippen LogP contribution in [0.25, 0.3) is 0 Å². The molecule has 2 atom stereocenters. The van der Waals surface area contributed by atoms with E-state index in [-0.39, 0.29) is 0 Å². The molecule has 0 aliphatic heterocycles. The van der Waals surface area contributed by atoms with Gasteiger partial charge in [-0.15, -0.1) is 11.3 Å². The molecule has 0 spiro atoms. The average Bonchev–Trinajstić information content (AvgIpc) is 2.98. The smallest absolute Gasteiger partial charge is 0.0416 e. The Morgan fingerprint density at radius 2 is 1.84 bits per heavy atom. The summed E-state index contributed by atoms with van der Waals surface area (Å²) in [7, 11) is 0. The predicted octanol–water partition coefficient (Wildman–Crippen LogP) is 5.11. The first kappa shape index (κ1) is 14.3. The summed E-state index contributed by atoms with van der Waals surface area (Å²) < 4.78 is 0. The largest absolute Gasteiger partial charge is 0.303 e. The predicted molar refractivity (Wildman–Crippen MR) is 84.7 cm³/mol. The second-order valence-corrected chi connectivity index (χ2v) is 5.94. The average molecular weight is 273 g/mol. The van der Waals surface area contributed by atoms with Crippen LogP contribution in [0, 0.1) is 0 Å². The summed E-state index contributed by atoms with van der Waals surface area (Å²) in [6, 6.07) is 14.2. The zero-order chi connectivity index (χ0) is 13.7. The molecule has 1 heterocycles. The Morgan fingerprint density at radius 1 is 1.11 bits per heavy atom. The third-order valence-corrected chi connectivity index (χ3v) is 4.62. The van der Waals surface area contributed by atoms with Gasteiger partial charge in [0, 0.05) is 17.0 Å². The van der Waals surface area contributed by atoms with Crippen molar-refractivity contribution in [3.8, 4) is 0 Å². The van der Waals surface area contributed by atoms with Crippen molar-refractivity contribution in [3.63, 3.8) is 0 Å². The van der Waals surface area contributed by atoms with Crippen LogP contribution < -0.4 is 5.32 Å². The van der Waals surface area contributed by atoms with Gasteiger partial charge in [0.25, 0.3) is 0 Å². The highest BCUT2D eigenvalue weighted by Gasteiger charge is 2.14. The summed E-state index contributed by atoms with van der Waals surface area (Å²) in [5.41, 5.74) is 2.77. The molecule has 1 N–H and O–H groups in total. The van der Waals surface area contributed by atoms with E-state index in [9.17, 15) is 0 Å². The van der Waals surface area contributed by atoms with Crippen molar-refractivity contribution in [2.75, 3.05) is 0 Å². The number of thiophene rings is 1. The molecule has 1 aromatic carbocycles. The van der Waals surface area contributed by atoms with Crippen molar-refractivity contribution >= 4 is 11.3 Å². The van der Waals surface area contributed by atoms with Crippen LogP contribution in [0.4, 0.5) is 0 Å². The summed E-state index contributed by atoms with van der Waals surface area (Å²) in [6.45, 7) is 6.68. The van der Waals surface area contributed by atoms with E-state index >= 15 is 0 Å². The van der Waals surface area contributed by atoms with Crippen LogP contribution in [0.15, 0.2) is 41.8 Å². The fourth-order valence-corrected chi connectivity index (χ4v) is 3.20. The maximum Gasteiger partial charge on any atom is 0.0416 e. The molecule has 102 valence electrons. The zero-order valence-corrected chi connectivity index (χ0v) is 12.8. The molecule has 0 aliphatic carbocycles. The Hall–Kier alpha value is -1.12. The van der Waals surface area contributed by atoms with E-state index in [0.717, 1.165) is 12.8 Å². The van der Waals surface area contributed by atoms with Gasteiger partial charge in [0.1, 0.15) is 0 Å². The Bertz CT molecular complexity index is 472. The van der Waals surface area contributed by atoms with Crippen molar-refractivity contribution in [2.45, 2.75) is 45.7 Å². The van der Waals surface area contributed by atoms with E-state index in [1.54, 1.807) is 0 Å². The second kappa shape index (κ2) is 6.88. The highest BCUT2D eigenvalue weighted by atomic mass is 32.1. The van der Waals surface area contributed by atoms with Crippen molar-refractivity contribution in [3.05, 3.63) is 57.8 Å². The van der Waals surface area contributed by atoms with E-state index < -0.39 is 0 Å². The van der Waals surface area contributed by atoms with Crippen molar-refractivity contribution in [2.24, 2.45) is 0 Å². The van der Waals surface area contributed by atoms with E-state index in [4.69, 9.17) is 0 Å². The van der Waals surface area contributed by atoms with Gasteiger partial charge in [-0.1, -0.05) is 44.2 Å². The Labute approximate surface area is 120 Å². The second-order valence-electron chi connectivity index (χ2n) is 4.96. The van der Waals surface area contributed by atoms with Gasteiger partial charge >= 0.3 is 0 Å². The van der Waals surface area contributed by atoms with Crippen LogP contribution in [-0.2, 0) is 6.42 Å². The first-order valence-corrected chi connectivity index (χ1v) is 8.00. The molecule has 0 fully saturated rings. The summed E-state index contributed by atoms with van der Waals surface area (Å²) >= 11 is 1.84. The third kappa shape index (κ3) is 3.68. The van der Waals surface area contributed by atoms with Crippen molar-refractivity contribution in [1.82, 2.24) is 5.32 Å². The molecular formula is C17H23NS. The number of nitrogens with one attached hydrogen (secondary N) is 1. The van der Waals surface area contributed by atoms with Gasteiger partial charge in [-0.25, -0.2) is 0 Å². The molecule has 0 aliphatic rings. The van der Waals surface area contributed by atoms with E-state index in [1.165, 1.54) is 16.0 Å². The van der Waals surface area contributed by atoms with Crippen molar-refractivity contribution in [1.29, 1.82) is 0 Å². The van der Waals surface area contributed by atoms with Crippen molar-refractivity contribution < 1.29 is 0 Å². The molecule has 2 unspecified atom stereocenters. The zero-order valence-electron chi connectivity index (χ0n) is 12.0. The van der Waals surface area contributed by atoms with Gasteiger partial charge in [0.2, 0.25) is 0 Å². The minimum Gasteiger partial charge on any atom is -0.303 e. The molecule has 0 bridgehead atoms. The lowest BCUT2D eigenvalue weighted by Gasteiger charge is -2.22. The van der Waals surface area contributed by atoms with Gasteiger partial charge in [0.15, 0.2) is 0 Å². The quantitative estimate of drug-likeness (QED) is 0.771. The van der Waals surface area contributed by atoms with Gasteiger partial charge in [-0.2, -0.15) is 0 Å². The van der Waals surface area contributed by atoms with Crippen LogP contribution >= 0.6 is 11.3 Å². The SMILES string of the molecule is CCc1ccc(C(C)NC(CC)c2cccs2)cc1. The maximum absolute atomic E-state index is 3.73. The van der Waals surface area contributed by atoms with Gasteiger partial charge in [-0.05, 0) is 42.3 Å². The molecule has 1 nitrogen and oxygen atoms in total. The Balaban J connectivity index is 2.04. The van der Waals surface area contributed by atoms with Crippen LogP contribution in [0.5, 0.6) is 0 Å².